The first-order valence-electron chi connectivity index (χ1n) is 13.2. The van der Waals surface area contributed by atoms with Crippen LogP contribution < -0.4 is 15.6 Å². The smallest absolute Gasteiger partial charge is 0.266 e. The maximum absolute atomic E-state index is 14.1. The third-order valence-corrected chi connectivity index (χ3v) is 6.62. The average Bonchev–Trinajstić information content (AvgIpc) is 3.39. The van der Waals surface area contributed by atoms with Crippen molar-refractivity contribution in [2.45, 2.75) is 37.6 Å². The molecule has 3 aromatic carbocycles. The quantitative estimate of drug-likeness (QED) is 0.0605. The summed E-state index contributed by atoms with van der Waals surface area (Å²) in [5.74, 6) is -1.05. The van der Waals surface area contributed by atoms with E-state index in [9.17, 15) is 13.6 Å². The largest absolute Gasteiger partial charge is 0.494 e. The van der Waals surface area contributed by atoms with Gasteiger partial charge in [-0.1, -0.05) is 35.5 Å². The van der Waals surface area contributed by atoms with Gasteiger partial charge in [-0.25, -0.2) is 19.2 Å². The fraction of sp³-hybridized carbons (Fsp3) is 0.267. The van der Waals surface area contributed by atoms with Crippen LogP contribution in [-0.4, -0.2) is 35.7 Å². The number of nitrogens with zero attached hydrogens (tertiary/aromatic N) is 4. The van der Waals surface area contributed by atoms with Gasteiger partial charge in [-0.05, 0) is 59.1 Å². The maximum Gasteiger partial charge on any atom is 0.266 e. The van der Waals surface area contributed by atoms with Crippen LogP contribution in [0.4, 0.5) is 8.78 Å². The van der Waals surface area contributed by atoms with Gasteiger partial charge < -0.3 is 14.6 Å². The number of carbonyl (C=O) groups is 1. The number of aliphatic hydroxyl groups excluding tert-OH is 1. The number of hydrazine groups is 1. The van der Waals surface area contributed by atoms with Crippen LogP contribution in [0.15, 0.2) is 89.5 Å². The molecular weight excluding hydrogens is 546 g/mol. The van der Waals surface area contributed by atoms with Gasteiger partial charge >= 0.3 is 0 Å². The average molecular weight is 577 g/mol. The molecule has 0 saturated heterocycles. The van der Waals surface area contributed by atoms with E-state index in [0.29, 0.717) is 35.5 Å². The van der Waals surface area contributed by atoms with Crippen LogP contribution in [0.3, 0.4) is 0 Å². The summed E-state index contributed by atoms with van der Waals surface area (Å²) in [6, 6.07) is 17.1. The Balaban J connectivity index is 1.68. The van der Waals surface area contributed by atoms with Crippen LogP contribution in [0.5, 0.6) is 5.75 Å². The Hall–Kier alpha value is -4.77. The van der Waals surface area contributed by atoms with Crippen molar-refractivity contribution in [1.29, 1.82) is 0 Å². The Labute approximate surface area is 241 Å². The molecule has 0 unspecified atom stereocenters. The number of hydrogen-bond acceptors (Lipinski definition) is 7. The molecule has 12 heteroatoms. The highest BCUT2D eigenvalue weighted by Gasteiger charge is 2.53. The lowest BCUT2D eigenvalue weighted by Gasteiger charge is -2.30. The molecule has 10 nitrogen and oxygen atoms in total. The molecule has 0 radical (unpaired) electrons. The van der Waals surface area contributed by atoms with Crippen molar-refractivity contribution in [3.63, 3.8) is 0 Å². The highest BCUT2D eigenvalue weighted by Crippen LogP contribution is 2.44. The molecule has 1 heterocycles. The van der Waals surface area contributed by atoms with E-state index in [1.54, 1.807) is 54.6 Å². The van der Waals surface area contributed by atoms with Gasteiger partial charge in [-0.2, -0.15) is 0 Å². The maximum atomic E-state index is 14.1. The molecule has 1 aliphatic heterocycles. The van der Waals surface area contributed by atoms with Gasteiger partial charge in [0, 0.05) is 42.0 Å². The molecule has 0 saturated carbocycles. The van der Waals surface area contributed by atoms with E-state index in [-0.39, 0.29) is 37.6 Å². The van der Waals surface area contributed by atoms with Gasteiger partial charge in [0.15, 0.2) is 11.6 Å². The zero-order chi connectivity index (χ0) is 30.0. The van der Waals surface area contributed by atoms with Crippen LogP contribution in [0.1, 0.15) is 41.2 Å². The van der Waals surface area contributed by atoms with E-state index >= 15 is 0 Å². The first kappa shape index (κ1) is 30.2. The number of rotatable bonds is 14. The van der Waals surface area contributed by atoms with E-state index < -0.39 is 29.2 Å². The lowest BCUT2D eigenvalue weighted by molar-refractivity contribution is -0.130. The number of aliphatic hydroxyl groups is 1. The van der Waals surface area contributed by atoms with Gasteiger partial charge in [-0.3, -0.25) is 10.2 Å². The minimum atomic E-state index is -1.56. The Morgan fingerprint density at radius 3 is 2.71 bits per heavy atom. The number of hydrogen-bond donors (Lipinski definition) is 3. The van der Waals surface area contributed by atoms with Crippen molar-refractivity contribution in [3.05, 3.63) is 124 Å². The zero-order valence-electron chi connectivity index (χ0n) is 22.7. The topological polar surface area (TPSA) is 141 Å². The predicted octanol–water partition coefficient (Wildman–Crippen LogP) is 5.19. The van der Waals surface area contributed by atoms with Crippen LogP contribution in [0.2, 0.25) is 0 Å². The molecule has 1 aliphatic rings. The third-order valence-electron chi connectivity index (χ3n) is 6.62. The summed E-state index contributed by atoms with van der Waals surface area (Å²) >= 11 is 0. The third kappa shape index (κ3) is 6.92. The summed E-state index contributed by atoms with van der Waals surface area (Å²) in [5, 5.41) is 12.7. The Morgan fingerprint density at radius 1 is 1.19 bits per heavy atom. The molecule has 3 aromatic rings. The SMILES string of the molecule is C=CC[C@]1(C(=O)NNCc2cc(F)ccc2F)N=C(c2ccc(OCCCO)cc2)O[C@H]1c1ccccc1CN=[N+]=[N-]. The van der Waals surface area contributed by atoms with E-state index in [1.807, 2.05) is 0 Å². The van der Waals surface area contributed by atoms with Gasteiger partial charge in [0.05, 0.1) is 13.2 Å². The number of halogens is 2. The van der Waals surface area contributed by atoms with Crippen molar-refractivity contribution in [2.75, 3.05) is 13.2 Å². The monoisotopic (exact) mass is 576 g/mol. The minimum Gasteiger partial charge on any atom is -0.494 e. The Bertz CT molecular complexity index is 1490. The highest BCUT2D eigenvalue weighted by molar-refractivity contribution is 6.01. The van der Waals surface area contributed by atoms with Gasteiger partial charge in [0.2, 0.25) is 5.90 Å². The number of carbonyl (C=O) groups excluding carboxylic acids is 1. The van der Waals surface area contributed by atoms with E-state index in [0.717, 1.165) is 18.2 Å². The Morgan fingerprint density at radius 2 is 1.98 bits per heavy atom. The van der Waals surface area contributed by atoms with Crippen LogP contribution >= 0.6 is 0 Å². The lowest BCUT2D eigenvalue weighted by Crippen LogP contribution is -2.52. The second kappa shape index (κ2) is 14.2. The predicted molar refractivity (Wildman–Crippen MR) is 152 cm³/mol. The summed E-state index contributed by atoms with van der Waals surface area (Å²) < 4.78 is 39.8. The first-order chi connectivity index (χ1) is 20.4. The number of ether oxygens (including phenoxy) is 2. The normalized spacial score (nSPS) is 17.5. The van der Waals surface area contributed by atoms with E-state index in [4.69, 9.17) is 25.1 Å². The fourth-order valence-electron chi connectivity index (χ4n) is 4.56. The van der Waals surface area contributed by atoms with Gasteiger partial charge in [0.25, 0.3) is 5.91 Å². The highest BCUT2D eigenvalue weighted by atomic mass is 19.1. The molecular formula is C30H30F2N6O4. The fourth-order valence-corrected chi connectivity index (χ4v) is 4.56. The molecule has 0 bridgehead atoms. The molecule has 4 rings (SSSR count). The van der Waals surface area contributed by atoms with E-state index in [1.165, 1.54) is 0 Å². The van der Waals surface area contributed by atoms with Crippen molar-refractivity contribution in [1.82, 2.24) is 10.9 Å². The van der Waals surface area contributed by atoms with Crippen LogP contribution in [-0.2, 0) is 22.6 Å². The molecule has 0 fully saturated rings. The molecule has 3 N–H and O–H groups in total. The summed E-state index contributed by atoms with van der Waals surface area (Å²) in [6.07, 6.45) is 1.14. The zero-order valence-corrected chi connectivity index (χ0v) is 22.7. The summed E-state index contributed by atoms with van der Waals surface area (Å²) in [6.45, 7) is 4.03. The lowest BCUT2D eigenvalue weighted by atomic mass is 9.83. The standard InChI is InChI=1S/C30H30F2N6O4/c1-2-14-30(29(40)37-34-19-22-17-23(31)10-13-26(22)32)27(25-7-4-3-6-21(25)18-35-38-33)42-28(36-30)20-8-11-24(12-9-20)41-16-5-15-39/h2-4,6-13,17,27,34,39H,1,5,14-16,18-19H2,(H,37,40)/t27-,30-/m0/s1. The first-order valence-corrected chi connectivity index (χ1v) is 13.2. The van der Waals surface area contributed by atoms with Crippen LogP contribution in [0.25, 0.3) is 10.4 Å². The second-order valence-corrected chi connectivity index (χ2v) is 9.41. The molecule has 1 amide bonds. The summed E-state index contributed by atoms with van der Waals surface area (Å²) in [5.41, 5.74) is 14.4. The minimum absolute atomic E-state index is 0.0185. The Kier molecular flexibility index (Phi) is 10.2. The number of benzene rings is 3. The van der Waals surface area contributed by atoms with E-state index in [2.05, 4.69) is 27.5 Å². The van der Waals surface area contributed by atoms with Crippen molar-refractivity contribution < 1.29 is 28.2 Å². The number of azide groups is 1. The number of amides is 1. The molecule has 0 aliphatic carbocycles. The number of nitrogens with one attached hydrogen (secondary N) is 2. The van der Waals surface area contributed by atoms with Crippen molar-refractivity contribution in [3.8, 4) is 5.75 Å². The molecule has 218 valence electrons. The number of aliphatic imine (C=N–C) groups is 1. The van der Waals surface area contributed by atoms with Crippen LogP contribution in [0, 0.1) is 11.6 Å². The van der Waals surface area contributed by atoms with Crippen molar-refractivity contribution in [2.24, 2.45) is 10.1 Å². The summed E-state index contributed by atoms with van der Waals surface area (Å²) in [7, 11) is 0. The summed E-state index contributed by atoms with van der Waals surface area (Å²) in [4.78, 5) is 21.5. The van der Waals surface area contributed by atoms with Gasteiger partial charge in [0.1, 0.15) is 17.4 Å². The molecule has 42 heavy (non-hydrogen) atoms. The van der Waals surface area contributed by atoms with Crippen molar-refractivity contribution >= 4 is 11.8 Å². The molecule has 2 atom stereocenters. The van der Waals surface area contributed by atoms with Gasteiger partial charge in [-0.15, -0.1) is 6.58 Å². The second-order valence-electron chi connectivity index (χ2n) is 9.41. The molecule has 0 spiro atoms. The molecule has 0 aromatic heterocycles.